The zero-order valence-electron chi connectivity index (χ0n) is 21.2. The Morgan fingerprint density at radius 3 is 2.42 bits per heavy atom. The molecular weight excluding hydrogens is 463 g/mol. The third-order valence-electron chi connectivity index (χ3n) is 5.60. The Morgan fingerprint density at radius 1 is 1.14 bits per heavy atom. The van der Waals surface area contributed by atoms with Crippen molar-refractivity contribution in [1.82, 2.24) is 5.32 Å². The summed E-state index contributed by atoms with van der Waals surface area (Å²) in [4.78, 5) is 5.82. The number of hydrogen-bond acceptors (Lipinski definition) is 5. The summed E-state index contributed by atoms with van der Waals surface area (Å²) in [6.07, 6.45) is 5.77. The molecule has 0 saturated heterocycles. The number of aryl methyl sites for hydroxylation is 1. The van der Waals surface area contributed by atoms with Gasteiger partial charge in [0.25, 0.3) is 0 Å². The maximum atomic E-state index is 12.6. The number of nitrogens with two attached hydrogens (primary N) is 1. The van der Waals surface area contributed by atoms with E-state index in [-0.39, 0.29) is 0 Å². The molecule has 0 amide bonds. The predicted molar refractivity (Wildman–Crippen MR) is 146 cm³/mol. The van der Waals surface area contributed by atoms with Crippen LogP contribution in [-0.2, 0) is 6.42 Å². The van der Waals surface area contributed by atoms with Crippen LogP contribution < -0.4 is 16.0 Å². The molecule has 0 fully saturated rings. The van der Waals surface area contributed by atoms with Crippen molar-refractivity contribution in [3.63, 3.8) is 0 Å². The van der Waals surface area contributed by atoms with E-state index in [1.165, 1.54) is 23.3 Å². The lowest BCUT2D eigenvalue weighted by atomic mass is 9.94. The quantitative estimate of drug-likeness (QED) is 0.139. The van der Waals surface area contributed by atoms with Crippen LogP contribution in [0.15, 0.2) is 77.0 Å². The molecule has 0 unspecified atom stereocenters. The summed E-state index contributed by atoms with van der Waals surface area (Å²) in [5, 5.41) is 8.99. The summed E-state index contributed by atoms with van der Waals surface area (Å²) in [5.41, 5.74) is 12.4. The van der Waals surface area contributed by atoms with Gasteiger partial charge in [-0.1, -0.05) is 50.3 Å². The van der Waals surface area contributed by atoms with Crippen LogP contribution in [0.25, 0.3) is 5.57 Å². The van der Waals surface area contributed by atoms with Gasteiger partial charge in [0, 0.05) is 48.2 Å². The monoisotopic (exact) mass is 497 g/mol. The first-order valence-electron chi connectivity index (χ1n) is 11.7. The fraction of sp³-hybridized carbons (Fsp3) is 0.286. The third-order valence-corrected chi connectivity index (χ3v) is 5.60. The highest BCUT2D eigenvalue weighted by Gasteiger charge is 2.25. The molecule has 192 valence electrons. The van der Waals surface area contributed by atoms with E-state index in [0.29, 0.717) is 16.8 Å². The van der Waals surface area contributed by atoms with Gasteiger partial charge >= 0.3 is 6.30 Å². The Kier molecular flexibility index (Phi) is 10.7. The number of allylic oxidation sites excluding steroid dienone is 5. The summed E-state index contributed by atoms with van der Waals surface area (Å²) in [7, 11) is 1.83. The average Bonchev–Trinajstić information content (AvgIpc) is 2.85. The van der Waals surface area contributed by atoms with Gasteiger partial charge in [0.2, 0.25) is 0 Å². The van der Waals surface area contributed by atoms with Gasteiger partial charge in [-0.05, 0) is 60.2 Å². The minimum atomic E-state index is -4.51. The Hall–Kier alpha value is -3.65. The number of nitrogens with zero attached hydrogens (tertiary/aromatic N) is 2. The Bertz CT molecular complexity index is 1140. The van der Waals surface area contributed by atoms with Crippen molar-refractivity contribution in [3.05, 3.63) is 88.7 Å². The van der Waals surface area contributed by atoms with Crippen molar-refractivity contribution < 1.29 is 13.2 Å². The summed E-state index contributed by atoms with van der Waals surface area (Å²) >= 11 is 0. The third kappa shape index (κ3) is 8.53. The van der Waals surface area contributed by atoms with Gasteiger partial charge in [-0.2, -0.15) is 13.2 Å². The van der Waals surface area contributed by atoms with Crippen molar-refractivity contribution in [2.75, 3.05) is 24.3 Å². The van der Waals surface area contributed by atoms with Gasteiger partial charge in [-0.15, -0.1) is 0 Å². The first-order chi connectivity index (χ1) is 17.1. The number of alkyl halides is 3. The number of halogens is 3. The fourth-order valence-corrected chi connectivity index (χ4v) is 3.44. The van der Waals surface area contributed by atoms with E-state index < -0.39 is 13.0 Å². The van der Waals surface area contributed by atoms with Gasteiger partial charge in [-0.25, -0.2) is 5.32 Å². The first kappa shape index (κ1) is 28.6. The molecule has 0 atom stereocenters. The van der Waals surface area contributed by atoms with Gasteiger partial charge in [0.15, 0.2) is 0 Å². The summed E-state index contributed by atoms with van der Waals surface area (Å²) in [6.45, 7) is 5.47. The zero-order valence-corrected chi connectivity index (χ0v) is 21.2. The minimum absolute atomic E-state index is 0.490. The van der Waals surface area contributed by atoms with E-state index in [1.54, 1.807) is 12.1 Å². The van der Waals surface area contributed by atoms with Crippen LogP contribution in [0.4, 0.5) is 24.5 Å². The molecule has 0 spiro atoms. The van der Waals surface area contributed by atoms with E-state index in [0.717, 1.165) is 35.2 Å². The number of hydrogen-bond donors (Lipinski definition) is 3. The first-order valence-corrected chi connectivity index (χ1v) is 11.7. The Labute approximate surface area is 211 Å². The van der Waals surface area contributed by atoms with E-state index in [1.807, 2.05) is 50.2 Å². The van der Waals surface area contributed by atoms with Crippen LogP contribution in [0.1, 0.15) is 43.9 Å². The minimum Gasteiger partial charge on any atom is -0.398 e. The van der Waals surface area contributed by atoms with Gasteiger partial charge < -0.3 is 16.0 Å². The average molecular weight is 498 g/mol. The van der Waals surface area contributed by atoms with Crippen molar-refractivity contribution in [3.8, 4) is 0 Å². The number of aliphatic imine (C=N–C) groups is 1. The zero-order chi connectivity index (χ0) is 26.7. The van der Waals surface area contributed by atoms with Crippen LogP contribution in [0.2, 0.25) is 0 Å². The van der Waals surface area contributed by atoms with Crippen molar-refractivity contribution in [1.29, 1.82) is 5.41 Å². The normalized spacial score (nSPS) is 13.4. The maximum Gasteiger partial charge on any atom is 0.458 e. The lowest BCUT2D eigenvalue weighted by Crippen LogP contribution is -2.31. The molecule has 36 heavy (non-hydrogen) atoms. The molecule has 0 aliphatic carbocycles. The van der Waals surface area contributed by atoms with E-state index >= 15 is 0 Å². The number of benzene rings is 2. The second-order valence-electron chi connectivity index (χ2n) is 8.20. The molecule has 2 rings (SSSR count). The highest BCUT2D eigenvalue weighted by molar-refractivity contribution is 5.93. The summed E-state index contributed by atoms with van der Waals surface area (Å²) < 4.78 is 37.7. The molecule has 2 aromatic carbocycles. The molecule has 8 heteroatoms. The topological polar surface area (TPSA) is 77.5 Å². The van der Waals surface area contributed by atoms with E-state index in [4.69, 9.17) is 11.1 Å². The molecule has 0 radical (unpaired) electrons. The molecule has 0 aliphatic heterocycles. The van der Waals surface area contributed by atoms with Gasteiger partial charge in [0.05, 0.1) is 6.67 Å². The molecular formula is C28H34F3N5. The molecule has 5 nitrogen and oxygen atoms in total. The SMILES string of the molecule is CC/C=C/C(=C(C)\C(C=NCNC(F)(F)F)=C/N(C)c1ccc(N)c(C=N)c1)c1ccc(CC)cc1. The Balaban J connectivity index is 2.60. The lowest BCUT2D eigenvalue weighted by molar-refractivity contribution is -0.156. The fourth-order valence-electron chi connectivity index (χ4n) is 3.44. The molecule has 4 N–H and O–H groups in total. The summed E-state index contributed by atoms with van der Waals surface area (Å²) in [6, 6.07) is 13.6. The second kappa shape index (κ2) is 13.4. The summed E-state index contributed by atoms with van der Waals surface area (Å²) in [5.74, 6) is 0. The number of nitrogens with one attached hydrogen (secondary N) is 2. The number of rotatable bonds is 11. The molecule has 2 aromatic rings. The second-order valence-corrected chi connectivity index (χ2v) is 8.20. The maximum absolute atomic E-state index is 12.6. The standard InChI is InChI=1S/C28H34F3N5/c1-5-7-8-26(22-11-9-21(6-2)10-12-22)20(3)24(17-34-19-35-28(29,30)31)18-36(4)25-13-14-27(33)23(15-25)16-32/h7-18,32,35H,5-6,19,33H2,1-4H3/b8-7+,24-18-,26-20+,32-16?,34-17?. The van der Waals surface area contributed by atoms with Crippen LogP contribution in [0.5, 0.6) is 0 Å². The predicted octanol–water partition coefficient (Wildman–Crippen LogP) is 6.73. The van der Waals surface area contributed by atoms with Gasteiger partial charge in [-0.3, -0.25) is 4.99 Å². The van der Waals surface area contributed by atoms with Crippen molar-refractivity contribution in [2.45, 2.75) is 39.9 Å². The lowest BCUT2D eigenvalue weighted by Gasteiger charge is -2.19. The highest BCUT2D eigenvalue weighted by atomic mass is 19.4. The largest absolute Gasteiger partial charge is 0.458 e. The molecule has 0 saturated carbocycles. The smallest absolute Gasteiger partial charge is 0.398 e. The van der Waals surface area contributed by atoms with Crippen molar-refractivity contribution >= 4 is 29.4 Å². The van der Waals surface area contributed by atoms with E-state index in [2.05, 4.69) is 36.2 Å². The molecule has 0 heterocycles. The number of anilines is 2. The van der Waals surface area contributed by atoms with E-state index in [9.17, 15) is 13.2 Å². The van der Waals surface area contributed by atoms with Gasteiger partial charge in [0.1, 0.15) is 0 Å². The molecule has 0 aliphatic rings. The van der Waals surface area contributed by atoms with Crippen molar-refractivity contribution in [2.24, 2.45) is 4.99 Å². The van der Waals surface area contributed by atoms with Crippen LogP contribution in [0.3, 0.4) is 0 Å². The molecule has 0 aromatic heterocycles. The molecule has 0 bridgehead atoms. The highest BCUT2D eigenvalue weighted by Crippen LogP contribution is 2.27. The van der Waals surface area contributed by atoms with Crippen LogP contribution in [0, 0.1) is 5.41 Å². The Morgan fingerprint density at radius 2 is 1.83 bits per heavy atom. The van der Waals surface area contributed by atoms with Crippen LogP contribution >= 0.6 is 0 Å². The van der Waals surface area contributed by atoms with Crippen LogP contribution in [-0.4, -0.2) is 32.4 Å². The number of nitrogen functional groups attached to an aromatic ring is 1.